The molecule has 3 N–H and O–H groups in total. The van der Waals surface area contributed by atoms with Gasteiger partial charge in [0.1, 0.15) is 33.9 Å². The van der Waals surface area contributed by atoms with E-state index in [4.69, 9.17) is 4.74 Å². The van der Waals surface area contributed by atoms with Crippen molar-refractivity contribution >= 4 is 56.6 Å². The van der Waals surface area contributed by atoms with Crippen LogP contribution in [-0.2, 0) is 51.3 Å². The molecule has 3 aromatic carbocycles. The molecular formula is C60H75N5O10S. The van der Waals surface area contributed by atoms with E-state index >= 15 is 0 Å². The minimum atomic E-state index is -4.68. The topological polar surface area (TPSA) is 206 Å². The van der Waals surface area contributed by atoms with Gasteiger partial charge in [0.2, 0.25) is 11.6 Å². The third-order valence-corrected chi connectivity index (χ3v) is 16.6. The predicted molar refractivity (Wildman–Crippen MR) is 293 cm³/mol. The summed E-state index contributed by atoms with van der Waals surface area (Å²) in [5.41, 5.74) is 7.40. The first kappa shape index (κ1) is 57.1. The molecular weight excluding hydrogens is 983 g/mol. The van der Waals surface area contributed by atoms with Gasteiger partial charge in [-0.3, -0.25) is 28.9 Å². The number of phenols is 1. The fourth-order valence-electron chi connectivity index (χ4n) is 11.0. The lowest BCUT2D eigenvalue weighted by molar-refractivity contribution is -0.438. The Morgan fingerprint density at radius 1 is 0.763 bits per heavy atom. The summed E-state index contributed by atoms with van der Waals surface area (Å²) < 4.78 is 45.2. The maximum absolute atomic E-state index is 13.3. The van der Waals surface area contributed by atoms with Gasteiger partial charge in [-0.05, 0) is 127 Å². The van der Waals surface area contributed by atoms with Crippen LogP contribution in [0, 0.1) is 20.8 Å². The number of imide groups is 1. The van der Waals surface area contributed by atoms with Crippen LogP contribution in [0.2, 0.25) is 0 Å². The van der Waals surface area contributed by atoms with E-state index in [1.54, 1.807) is 13.0 Å². The molecule has 0 fully saturated rings. The number of fused-ring (bicyclic) bond motifs is 3. The van der Waals surface area contributed by atoms with E-state index in [9.17, 15) is 42.0 Å². The zero-order chi connectivity index (χ0) is 55.2. The number of aromatic hydroxyl groups is 1. The fourth-order valence-corrected chi connectivity index (χ4v) is 11.5. The number of hydrogen-bond donors (Lipinski definition) is 3. The Balaban J connectivity index is 0.924. The summed E-state index contributed by atoms with van der Waals surface area (Å²) in [7, 11) is -4.68. The Morgan fingerprint density at radius 2 is 1.46 bits per heavy atom. The monoisotopic (exact) mass is 1060 g/mol. The third-order valence-electron chi connectivity index (χ3n) is 15.8. The number of nitrogens with zero attached hydrogens (tertiary/aromatic N) is 3. The molecule has 4 aliphatic rings. The van der Waals surface area contributed by atoms with Gasteiger partial charge in [0.25, 0.3) is 17.7 Å². The lowest BCUT2D eigenvalue weighted by Gasteiger charge is -2.36. The number of ketones is 1. The first-order valence-electron chi connectivity index (χ1n) is 26.8. The quantitative estimate of drug-likeness (QED) is 0.0254. The lowest BCUT2D eigenvalue weighted by atomic mass is 9.81. The van der Waals surface area contributed by atoms with E-state index in [0.29, 0.717) is 70.2 Å². The number of carbonyl (C=O) groups excluding carboxylic acids is 5. The molecule has 16 heteroatoms. The summed E-state index contributed by atoms with van der Waals surface area (Å²) in [6.07, 6.45) is 20.0. The maximum Gasteiger partial charge on any atom is 0.263 e. The summed E-state index contributed by atoms with van der Waals surface area (Å²) in [6, 6.07) is 13.0. The lowest BCUT2D eigenvalue weighted by Crippen LogP contribution is -2.51. The minimum absolute atomic E-state index is 0.111. The van der Waals surface area contributed by atoms with Gasteiger partial charge in [0, 0.05) is 111 Å². The summed E-state index contributed by atoms with van der Waals surface area (Å²) in [6.45, 7) is 18.0. The summed E-state index contributed by atoms with van der Waals surface area (Å²) >= 11 is 0. The number of amides is 4. The number of ether oxygens (including phenoxy) is 1. The molecule has 3 aromatic rings. The molecule has 1 atom stereocenters. The van der Waals surface area contributed by atoms with Crippen molar-refractivity contribution in [1.82, 2.24) is 15.5 Å². The number of para-hydroxylation sites is 1. The molecule has 4 aliphatic heterocycles. The van der Waals surface area contributed by atoms with Crippen LogP contribution in [0.15, 0.2) is 95.6 Å². The van der Waals surface area contributed by atoms with E-state index in [1.165, 1.54) is 29.8 Å². The molecule has 15 nitrogen and oxygen atoms in total. The molecule has 0 aromatic heterocycles. The zero-order valence-corrected chi connectivity index (χ0v) is 46.3. The van der Waals surface area contributed by atoms with Crippen LogP contribution in [0.3, 0.4) is 0 Å². The molecule has 7 rings (SSSR count). The van der Waals surface area contributed by atoms with Crippen molar-refractivity contribution in [3.8, 4) is 11.5 Å². The van der Waals surface area contributed by atoms with Crippen LogP contribution in [0.4, 0.5) is 11.4 Å². The van der Waals surface area contributed by atoms with E-state index in [1.807, 2.05) is 65.0 Å². The van der Waals surface area contributed by atoms with Crippen molar-refractivity contribution in [3.63, 3.8) is 0 Å². The second kappa shape index (κ2) is 23.7. The Hall–Kier alpha value is -6.65. The molecule has 406 valence electrons. The van der Waals surface area contributed by atoms with Gasteiger partial charge in [0.05, 0.1) is 10.3 Å². The molecule has 0 spiro atoms. The van der Waals surface area contributed by atoms with Crippen molar-refractivity contribution in [2.45, 2.75) is 154 Å². The number of phenolic OH excluding ortho intramolecular Hbond substituents is 1. The van der Waals surface area contributed by atoms with Crippen LogP contribution in [0.25, 0.3) is 0 Å². The first-order valence-corrected chi connectivity index (χ1v) is 28.2. The zero-order valence-electron chi connectivity index (χ0n) is 45.5. The maximum atomic E-state index is 13.3. The number of rotatable bonds is 24. The highest BCUT2D eigenvalue weighted by atomic mass is 32.2. The standard InChI is InChI=1S/C60H75N5O10S/c1-40-41(2)56-45(42(3)55(40)70)32-33-60(8,75-56)57(71)62-34-20-22-43(66)21-12-10-18-37-64-49-29-28-44(76(72,73)74)39-47(49)59(6,7)51(64)26-14-9-13-25-50-58(4,5)46-23-16-17-24-48(46)63(50)36-19-11-15-27-52(67)61-35-38-65-53(68)30-31-54(65)69/h9,13-14,16-17,23-26,28-31,39H,10-12,15,18-22,27,32-38H2,1-8H3,(H3-,61,62,67,70,71,72,73,74). The molecule has 4 heterocycles. The van der Waals surface area contributed by atoms with Gasteiger partial charge in [-0.15, -0.1) is 0 Å². The Kier molecular flexibility index (Phi) is 17.8. The molecule has 0 saturated heterocycles. The minimum Gasteiger partial charge on any atom is -0.744 e. The third kappa shape index (κ3) is 12.4. The van der Waals surface area contributed by atoms with Gasteiger partial charge in [-0.2, -0.15) is 4.58 Å². The number of hydrogen-bond acceptors (Lipinski definition) is 11. The average Bonchev–Trinajstić information content (AvgIpc) is 3.95. The van der Waals surface area contributed by atoms with Crippen molar-refractivity contribution in [1.29, 1.82) is 0 Å². The second-order valence-corrected chi connectivity index (χ2v) is 23.2. The van der Waals surface area contributed by atoms with Gasteiger partial charge in [0.15, 0.2) is 11.3 Å². The van der Waals surface area contributed by atoms with Crippen LogP contribution in [-0.4, -0.2) is 101 Å². The Bertz CT molecular complexity index is 3040. The van der Waals surface area contributed by atoms with Gasteiger partial charge in [-0.25, -0.2) is 8.42 Å². The van der Waals surface area contributed by atoms with E-state index in [-0.39, 0.29) is 58.6 Å². The molecule has 4 amide bonds. The number of carbonyl (C=O) groups is 5. The van der Waals surface area contributed by atoms with E-state index in [0.717, 1.165) is 87.7 Å². The highest BCUT2D eigenvalue weighted by molar-refractivity contribution is 7.85. The number of nitrogens with one attached hydrogen (secondary N) is 2. The fraction of sp³-hybridized carbons (Fsp3) is 0.467. The molecule has 1 unspecified atom stereocenters. The predicted octanol–water partition coefficient (Wildman–Crippen LogP) is 8.80. The van der Waals surface area contributed by atoms with Crippen LogP contribution >= 0.6 is 0 Å². The van der Waals surface area contributed by atoms with Crippen molar-refractivity contribution in [2.24, 2.45) is 0 Å². The second-order valence-electron chi connectivity index (χ2n) is 21.8. The van der Waals surface area contributed by atoms with Crippen molar-refractivity contribution < 1.29 is 51.4 Å². The number of allylic oxidation sites excluding steroid dienone is 6. The van der Waals surface area contributed by atoms with Gasteiger partial charge < -0.3 is 29.9 Å². The van der Waals surface area contributed by atoms with E-state index in [2.05, 4.69) is 58.2 Å². The molecule has 76 heavy (non-hydrogen) atoms. The Labute approximate surface area is 448 Å². The molecule has 0 bridgehead atoms. The van der Waals surface area contributed by atoms with Crippen molar-refractivity contribution in [2.75, 3.05) is 37.6 Å². The number of anilines is 1. The number of benzene rings is 3. The molecule has 0 saturated carbocycles. The first-order chi connectivity index (χ1) is 36.0. The van der Waals surface area contributed by atoms with Gasteiger partial charge in [-0.1, -0.05) is 56.7 Å². The highest BCUT2D eigenvalue weighted by Crippen LogP contribution is 2.49. The summed E-state index contributed by atoms with van der Waals surface area (Å²) in [5, 5.41) is 16.3. The summed E-state index contributed by atoms with van der Waals surface area (Å²) in [4.78, 5) is 65.4. The molecule has 0 radical (unpaired) electrons. The molecule has 0 aliphatic carbocycles. The van der Waals surface area contributed by atoms with Gasteiger partial charge >= 0.3 is 0 Å². The van der Waals surface area contributed by atoms with Crippen molar-refractivity contribution in [3.05, 3.63) is 124 Å². The number of unbranched alkanes of at least 4 members (excludes halogenated alkanes) is 4. The SMILES string of the molecule is Cc1c(C)c2c(c(C)c1O)CCC(C)(C(=O)NCCCC(=O)CCCCCN1/C(=C/C=C/C=C/C3=[N+](CCCCCC(=O)NCCN4C(=O)C=CC4=O)c4ccccc4C3(C)C)C(C)(C)c3cc(S(=O)(=O)[O-])ccc31)O2. The Morgan fingerprint density at radius 3 is 2.20 bits per heavy atom. The average molecular weight is 1060 g/mol. The largest absolute Gasteiger partial charge is 0.744 e. The van der Waals surface area contributed by atoms with Crippen LogP contribution in [0.5, 0.6) is 11.5 Å². The summed E-state index contributed by atoms with van der Waals surface area (Å²) in [5.74, 6) is 0.00818. The van der Waals surface area contributed by atoms with Crippen LogP contribution in [0.1, 0.15) is 139 Å². The van der Waals surface area contributed by atoms with Crippen LogP contribution < -0.4 is 20.3 Å². The highest BCUT2D eigenvalue weighted by Gasteiger charge is 2.44. The smallest absolute Gasteiger partial charge is 0.263 e. The number of Topliss-reactive ketones (excluding diaryl/α,β-unsaturated/α-hetero) is 1. The van der Waals surface area contributed by atoms with E-state index < -0.39 is 21.1 Å². The normalized spacial score (nSPS) is 19.0.